The summed E-state index contributed by atoms with van der Waals surface area (Å²) in [6.45, 7) is 5.98. The number of amides is 1. The van der Waals surface area contributed by atoms with Crippen molar-refractivity contribution in [1.29, 1.82) is 0 Å². The SMILES string of the molecule is CCCOc1ccc(CNC(=O)c2ccc(Oc3nccnc3N3CCOCC3)cc2)cc1. The molecule has 0 atom stereocenters. The van der Waals surface area contributed by atoms with E-state index in [1.165, 1.54) is 0 Å². The molecule has 172 valence electrons. The fraction of sp³-hybridized carbons (Fsp3) is 0.320. The maximum Gasteiger partial charge on any atom is 0.263 e. The Morgan fingerprint density at radius 2 is 1.70 bits per heavy atom. The van der Waals surface area contributed by atoms with E-state index in [1.54, 1.807) is 36.7 Å². The van der Waals surface area contributed by atoms with Crippen molar-refractivity contribution in [3.05, 3.63) is 72.1 Å². The lowest BCUT2D eigenvalue weighted by molar-refractivity contribution is 0.0951. The normalized spacial score (nSPS) is 13.4. The van der Waals surface area contributed by atoms with Crippen molar-refractivity contribution in [3.63, 3.8) is 0 Å². The van der Waals surface area contributed by atoms with Crippen LogP contribution in [0.2, 0.25) is 0 Å². The predicted molar refractivity (Wildman–Crippen MR) is 125 cm³/mol. The van der Waals surface area contributed by atoms with Gasteiger partial charge in [-0.1, -0.05) is 19.1 Å². The van der Waals surface area contributed by atoms with Crippen LogP contribution in [0.3, 0.4) is 0 Å². The van der Waals surface area contributed by atoms with Crippen molar-refractivity contribution < 1.29 is 19.0 Å². The maximum atomic E-state index is 12.5. The van der Waals surface area contributed by atoms with Crippen molar-refractivity contribution >= 4 is 11.7 Å². The summed E-state index contributed by atoms with van der Waals surface area (Å²) in [5, 5.41) is 2.94. The van der Waals surface area contributed by atoms with Gasteiger partial charge in [-0.3, -0.25) is 4.79 Å². The number of hydrogen-bond donors (Lipinski definition) is 1. The van der Waals surface area contributed by atoms with Crippen LogP contribution in [0.5, 0.6) is 17.4 Å². The van der Waals surface area contributed by atoms with Gasteiger partial charge in [0.1, 0.15) is 11.5 Å². The molecule has 0 spiro atoms. The number of morpholine rings is 1. The molecule has 0 radical (unpaired) electrons. The maximum absolute atomic E-state index is 12.5. The second-order valence-electron chi connectivity index (χ2n) is 7.59. The van der Waals surface area contributed by atoms with Gasteiger partial charge in [0, 0.05) is 37.6 Å². The van der Waals surface area contributed by atoms with Crippen LogP contribution < -0.4 is 19.7 Å². The molecule has 4 rings (SSSR count). The first-order valence-electron chi connectivity index (χ1n) is 11.1. The van der Waals surface area contributed by atoms with Crippen LogP contribution in [-0.4, -0.2) is 48.8 Å². The van der Waals surface area contributed by atoms with Gasteiger partial charge in [-0.2, -0.15) is 0 Å². The zero-order valence-electron chi connectivity index (χ0n) is 18.7. The first-order valence-corrected chi connectivity index (χ1v) is 11.1. The molecule has 33 heavy (non-hydrogen) atoms. The number of anilines is 1. The Balaban J connectivity index is 1.33. The number of benzene rings is 2. The zero-order chi connectivity index (χ0) is 22.9. The van der Waals surface area contributed by atoms with Gasteiger partial charge in [0.05, 0.1) is 19.8 Å². The van der Waals surface area contributed by atoms with Crippen LogP contribution in [0.1, 0.15) is 29.3 Å². The van der Waals surface area contributed by atoms with Gasteiger partial charge in [-0.25, -0.2) is 9.97 Å². The van der Waals surface area contributed by atoms with Gasteiger partial charge in [-0.05, 0) is 48.4 Å². The standard InChI is InChI=1S/C25H28N4O4/c1-2-15-32-21-7-3-19(4-8-21)18-28-24(30)20-5-9-22(10-6-20)33-25-23(26-11-12-27-25)29-13-16-31-17-14-29/h3-12H,2,13-18H2,1H3,(H,28,30). The molecule has 1 fully saturated rings. The van der Waals surface area contributed by atoms with E-state index in [2.05, 4.69) is 27.1 Å². The highest BCUT2D eigenvalue weighted by Gasteiger charge is 2.18. The number of hydrogen-bond acceptors (Lipinski definition) is 7. The molecule has 0 unspecified atom stereocenters. The van der Waals surface area contributed by atoms with Crippen LogP contribution in [0, 0.1) is 0 Å². The van der Waals surface area contributed by atoms with E-state index >= 15 is 0 Å². The number of aromatic nitrogens is 2. The van der Waals surface area contributed by atoms with Gasteiger partial charge in [0.15, 0.2) is 5.82 Å². The lowest BCUT2D eigenvalue weighted by Crippen LogP contribution is -2.37. The van der Waals surface area contributed by atoms with E-state index in [1.807, 2.05) is 24.3 Å². The molecule has 1 N–H and O–H groups in total. The Kier molecular flexibility index (Phi) is 7.71. The van der Waals surface area contributed by atoms with Crippen LogP contribution >= 0.6 is 0 Å². The summed E-state index contributed by atoms with van der Waals surface area (Å²) in [5.74, 6) is 2.39. The van der Waals surface area contributed by atoms with Gasteiger partial charge in [0.25, 0.3) is 11.8 Å². The van der Waals surface area contributed by atoms with E-state index in [4.69, 9.17) is 14.2 Å². The first-order chi connectivity index (χ1) is 16.2. The van der Waals surface area contributed by atoms with Crippen molar-refractivity contribution in [1.82, 2.24) is 15.3 Å². The molecule has 8 nitrogen and oxygen atoms in total. The minimum absolute atomic E-state index is 0.152. The molecule has 1 saturated heterocycles. The number of nitrogens with one attached hydrogen (secondary N) is 1. The first kappa shape index (κ1) is 22.5. The summed E-state index contributed by atoms with van der Waals surface area (Å²) in [6, 6.07) is 14.7. The molecule has 0 aliphatic carbocycles. The van der Waals surface area contributed by atoms with Gasteiger partial charge in [0.2, 0.25) is 0 Å². The van der Waals surface area contributed by atoms with Crippen LogP contribution in [0.25, 0.3) is 0 Å². The lowest BCUT2D eigenvalue weighted by atomic mass is 10.2. The summed E-state index contributed by atoms with van der Waals surface area (Å²) < 4.78 is 17.0. The average Bonchev–Trinajstić information content (AvgIpc) is 2.88. The largest absolute Gasteiger partial charge is 0.494 e. The number of carbonyl (C=O) groups excluding carboxylic acids is 1. The molecular formula is C25H28N4O4. The van der Waals surface area contributed by atoms with E-state index in [0.717, 1.165) is 30.8 Å². The zero-order valence-corrected chi connectivity index (χ0v) is 18.7. The highest BCUT2D eigenvalue weighted by Crippen LogP contribution is 2.28. The number of rotatable bonds is 9. The number of ether oxygens (including phenoxy) is 3. The monoisotopic (exact) mass is 448 g/mol. The molecule has 0 saturated carbocycles. The van der Waals surface area contributed by atoms with Gasteiger partial charge < -0.3 is 24.4 Å². The Bertz CT molecular complexity index is 1040. The summed E-state index contributed by atoms with van der Waals surface area (Å²) in [4.78, 5) is 23.4. The van der Waals surface area contributed by atoms with E-state index in [0.29, 0.717) is 49.4 Å². The second-order valence-corrected chi connectivity index (χ2v) is 7.59. The lowest BCUT2D eigenvalue weighted by Gasteiger charge is -2.28. The highest BCUT2D eigenvalue weighted by molar-refractivity contribution is 5.94. The number of carbonyl (C=O) groups is 1. The molecule has 2 aromatic carbocycles. The van der Waals surface area contributed by atoms with Crippen LogP contribution in [0.4, 0.5) is 5.82 Å². The minimum atomic E-state index is -0.152. The molecule has 3 aromatic rings. The van der Waals surface area contributed by atoms with E-state index in [-0.39, 0.29) is 5.91 Å². The van der Waals surface area contributed by atoms with Crippen LogP contribution in [0.15, 0.2) is 60.9 Å². The van der Waals surface area contributed by atoms with E-state index < -0.39 is 0 Å². The summed E-state index contributed by atoms with van der Waals surface area (Å²) in [6.07, 6.45) is 4.22. The molecule has 0 bridgehead atoms. The molecule has 8 heteroatoms. The molecule has 1 aromatic heterocycles. The smallest absolute Gasteiger partial charge is 0.263 e. The Morgan fingerprint density at radius 3 is 2.42 bits per heavy atom. The quantitative estimate of drug-likeness (QED) is 0.532. The van der Waals surface area contributed by atoms with Crippen LogP contribution in [-0.2, 0) is 11.3 Å². The summed E-state index contributed by atoms with van der Waals surface area (Å²) in [5.41, 5.74) is 1.56. The second kappa shape index (κ2) is 11.3. The van der Waals surface area contributed by atoms with E-state index in [9.17, 15) is 4.79 Å². The third-order valence-corrected chi connectivity index (χ3v) is 5.14. The fourth-order valence-corrected chi connectivity index (χ4v) is 3.38. The van der Waals surface area contributed by atoms with Crippen molar-refractivity contribution in [2.24, 2.45) is 0 Å². The molecule has 1 aliphatic rings. The number of nitrogens with zero attached hydrogens (tertiary/aromatic N) is 3. The highest BCUT2D eigenvalue weighted by atomic mass is 16.5. The van der Waals surface area contributed by atoms with Crippen molar-refractivity contribution in [2.75, 3.05) is 37.8 Å². The molecule has 1 amide bonds. The molecule has 2 heterocycles. The average molecular weight is 449 g/mol. The Labute approximate surface area is 193 Å². The predicted octanol–water partition coefficient (Wildman–Crippen LogP) is 3.82. The Morgan fingerprint density at radius 1 is 1.00 bits per heavy atom. The third kappa shape index (κ3) is 6.20. The summed E-state index contributed by atoms with van der Waals surface area (Å²) >= 11 is 0. The third-order valence-electron chi connectivity index (χ3n) is 5.14. The fourth-order valence-electron chi connectivity index (χ4n) is 3.38. The summed E-state index contributed by atoms with van der Waals surface area (Å²) in [7, 11) is 0. The van der Waals surface area contributed by atoms with Crippen molar-refractivity contribution in [3.8, 4) is 17.4 Å². The van der Waals surface area contributed by atoms with Crippen molar-refractivity contribution in [2.45, 2.75) is 19.9 Å². The van der Waals surface area contributed by atoms with Gasteiger partial charge in [-0.15, -0.1) is 0 Å². The molecular weight excluding hydrogens is 420 g/mol. The van der Waals surface area contributed by atoms with Gasteiger partial charge >= 0.3 is 0 Å². The molecule has 1 aliphatic heterocycles. The Hall–Kier alpha value is -3.65. The minimum Gasteiger partial charge on any atom is -0.494 e. The topological polar surface area (TPSA) is 85.8 Å².